The standard InChI is InChI=1S/C8H12F3NO2.ClH/c1-14-7(13)6-4-5(2-3-12-6)8(9,10)11;/h5-6,12H,2-4H2,1H3;1H/t5-,6+;/m1./s1. The molecule has 0 aromatic heterocycles. The van der Waals surface area contributed by atoms with E-state index in [-0.39, 0.29) is 31.8 Å². The second-order valence-corrected chi connectivity index (χ2v) is 3.29. The van der Waals surface area contributed by atoms with Crippen LogP contribution in [0.25, 0.3) is 0 Å². The number of alkyl halides is 3. The fraction of sp³-hybridized carbons (Fsp3) is 0.875. The molecule has 2 atom stereocenters. The van der Waals surface area contributed by atoms with Gasteiger partial charge >= 0.3 is 12.1 Å². The normalized spacial score (nSPS) is 26.7. The number of halogens is 4. The Bertz CT molecular complexity index is 222. The summed E-state index contributed by atoms with van der Waals surface area (Å²) in [6.45, 7) is 0.198. The molecular weight excluding hydrogens is 235 g/mol. The van der Waals surface area contributed by atoms with Gasteiger partial charge in [-0.1, -0.05) is 0 Å². The lowest BCUT2D eigenvalue weighted by Gasteiger charge is -2.29. The van der Waals surface area contributed by atoms with Crippen LogP contribution in [0, 0.1) is 5.92 Å². The van der Waals surface area contributed by atoms with Gasteiger partial charge in [0.1, 0.15) is 6.04 Å². The maximum Gasteiger partial charge on any atom is 0.391 e. The maximum absolute atomic E-state index is 12.3. The Hall–Kier alpha value is -0.490. The maximum atomic E-state index is 12.3. The van der Waals surface area contributed by atoms with E-state index in [1.165, 1.54) is 7.11 Å². The number of hydrogen-bond donors (Lipinski definition) is 1. The van der Waals surface area contributed by atoms with E-state index in [9.17, 15) is 18.0 Å². The molecule has 1 heterocycles. The van der Waals surface area contributed by atoms with E-state index in [4.69, 9.17) is 0 Å². The highest BCUT2D eigenvalue weighted by atomic mass is 35.5. The van der Waals surface area contributed by atoms with Gasteiger partial charge in [0.05, 0.1) is 13.0 Å². The average molecular weight is 248 g/mol. The molecule has 15 heavy (non-hydrogen) atoms. The quantitative estimate of drug-likeness (QED) is 0.714. The summed E-state index contributed by atoms with van der Waals surface area (Å²) < 4.78 is 41.3. The topological polar surface area (TPSA) is 38.3 Å². The number of ether oxygens (including phenoxy) is 1. The smallest absolute Gasteiger partial charge is 0.391 e. The Labute approximate surface area is 91.8 Å². The van der Waals surface area contributed by atoms with Gasteiger partial charge in [-0.15, -0.1) is 12.4 Å². The molecule has 0 unspecified atom stereocenters. The Morgan fingerprint density at radius 3 is 2.53 bits per heavy atom. The van der Waals surface area contributed by atoms with Gasteiger partial charge < -0.3 is 10.1 Å². The summed E-state index contributed by atoms with van der Waals surface area (Å²) in [6, 6.07) is -0.819. The molecule has 1 rings (SSSR count). The van der Waals surface area contributed by atoms with E-state index in [2.05, 4.69) is 10.1 Å². The van der Waals surface area contributed by atoms with Gasteiger partial charge in [0.15, 0.2) is 0 Å². The molecule has 1 N–H and O–H groups in total. The van der Waals surface area contributed by atoms with E-state index in [1.54, 1.807) is 0 Å². The molecule has 1 saturated heterocycles. The SMILES string of the molecule is COC(=O)[C@@H]1C[C@H](C(F)(F)F)CCN1.Cl. The Morgan fingerprint density at radius 2 is 2.07 bits per heavy atom. The van der Waals surface area contributed by atoms with Crippen molar-refractivity contribution in [2.45, 2.75) is 25.1 Å². The molecule has 0 saturated carbocycles. The van der Waals surface area contributed by atoms with Crippen LogP contribution in [0.2, 0.25) is 0 Å². The van der Waals surface area contributed by atoms with Crippen LogP contribution in [0.4, 0.5) is 13.2 Å². The fourth-order valence-corrected chi connectivity index (χ4v) is 1.54. The molecule has 7 heteroatoms. The summed E-state index contributed by atoms with van der Waals surface area (Å²) in [7, 11) is 1.17. The van der Waals surface area contributed by atoms with Gasteiger partial charge in [-0.3, -0.25) is 4.79 Å². The van der Waals surface area contributed by atoms with Crippen LogP contribution in [-0.2, 0) is 9.53 Å². The second kappa shape index (κ2) is 5.55. The highest BCUT2D eigenvalue weighted by Gasteiger charge is 2.43. The molecule has 0 radical (unpaired) electrons. The fourth-order valence-electron chi connectivity index (χ4n) is 1.54. The van der Waals surface area contributed by atoms with Crippen molar-refractivity contribution in [3.05, 3.63) is 0 Å². The molecule has 1 aliphatic rings. The van der Waals surface area contributed by atoms with Crippen molar-refractivity contribution >= 4 is 18.4 Å². The zero-order chi connectivity index (χ0) is 10.8. The molecule has 0 aliphatic carbocycles. The molecule has 0 bridgehead atoms. The predicted octanol–water partition coefficient (Wildman–Crippen LogP) is 1.51. The summed E-state index contributed by atoms with van der Waals surface area (Å²) >= 11 is 0. The number of carbonyl (C=O) groups excluding carboxylic acids is 1. The number of piperidine rings is 1. The van der Waals surface area contributed by atoms with Crippen LogP contribution in [0.5, 0.6) is 0 Å². The Morgan fingerprint density at radius 1 is 1.47 bits per heavy atom. The third-order valence-electron chi connectivity index (χ3n) is 2.35. The first-order valence-electron chi connectivity index (χ1n) is 4.33. The van der Waals surface area contributed by atoms with E-state index in [0.717, 1.165) is 0 Å². The highest BCUT2D eigenvalue weighted by Crippen LogP contribution is 2.34. The van der Waals surface area contributed by atoms with Gasteiger partial charge in [-0.25, -0.2) is 0 Å². The summed E-state index contributed by atoms with van der Waals surface area (Å²) in [5.41, 5.74) is 0. The van der Waals surface area contributed by atoms with Crippen molar-refractivity contribution in [3.8, 4) is 0 Å². The molecule has 3 nitrogen and oxygen atoms in total. The van der Waals surface area contributed by atoms with E-state index >= 15 is 0 Å². The van der Waals surface area contributed by atoms with Crippen molar-refractivity contribution in [1.82, 2.24) is 5.32 Å². The zero-order valence-corrected chi connectivity index (χ0v) is 8.95. The van der Waals surface area contributed by atoms with Crippen molar-refractivity contribution in [2.75, 3.05) is 13.7 Å². The average Bonchev–Trinajstić information content (AvgIpc) is 2.15. The van der Waals surface area contributed by atoms with E-state index < -0.39 is 24.1 Å². The summed E-state index contributed by atoms with van der Waals surface area (Å²) in [5, 5.41) is 2.70. The highest BCUT2D eigenvalue weighted by molar-refractivity contribution is 5.85. The summed E-state index contributed by atoms with van der Waals surface area (Å²) in [5.74, 6) is -2.02. The molecule has 90 valence electrons. The molecular formula is C8H13ClF3NO2. The molecule has 0 aromatic carbocycles. The van der Waals surface area contributed by atoms with E-state index in [1.807, 2.05) is 0 Å². The van der Waals surface area contributed by atoms with Gasteiger partial charge in [0.2, 0.25) is 0 Å². The molecule has 0 spiro atoms. The minimum atomic E-state index is -4.21. The van der Waals surface area contributed by atoms with Crippen LogP contribution in [0.1, 0.15) is 12.8 Å². The second-order valence-electron chi connectivity index (χ2n) is 3.29. The van der Waals surface area contributed by atoms with Gasteiger partial charge in [0, 0.05) is 0 Å². The molecule has 1 aliphatic heterocycles. The number of methoxy groups -OCH3 is 1. The number of hydrogen-bond acceptors (Lipinski definition) is 3. The van der Waals surface area contributed by atoms with Crippen LogP contribution in [0.3, 0.4) is 0 Å². The lowest BCUT2D eigenvalue weighted by Crippen LogP contribution is -2.47. The molecule has 1 fully saturated rings. The number of rotatable bonds is 1. The van der Waals surface area contributed by atoms with Crippen LogP contribution in [-0.4, -0.2) is 31.8 Å². The first-order chi connectivity index (χ1) is 6.45. The minimum absolute atomic E-state index is 0. The number of esters is 1. The van der Waals surface area contributed by atoms with Crippen LogP contribution in [0.15, 0.2) is 0 Å². The van der Waals surface area contributed by atoms with Crippen LogP contribution >= 0.6 is 12.4 Å². The number of nitrogens with one attached hydrogen (secondary N) is 1. The van der Waals surface area contributed by atoms with Crippen molar-refractivity contribution in [2.24, 2.45) is 5.92 Å². The van der Waals surface area contributed by atoms with Crippen molar-refractivity contribution < 1.29 is 22.7 Å². The largest absolute Gasteiger partial charge is 0.468 e. The van der Waals surface area contributed by atoms with Gasteiger partial charge in [0.25, 0.3) is 0 Å². The Balaban J connectivity index is 0.00000196. The lowest BCUT2D eigenvalue weighted by atomic mass is 9.92. The van der Waals surface area contributed by atoms with Gasteiger partial charge in [-0.2, -0.15) is 13.2 Å². The minimum Gasteiger partial charge on any atom is -0.468 e. The predicted molar refractivity (Wildman–Crippen MR) is 49.8 cm³/mol. The monoisotopic (exact) mass is 247 g/mol. The van der Waals surface area contributed by atoms with E-state index in [0.29, 0.717) is 0 Å². The van der Waals surface area contributed by atoms with Gasteiger partial charge in [-0.05, 0) is 19.4 Å². The lowest BCUT2D eigenvalue weighted by molar-refractivity contribution is -0.185. The Kier molecular flexibility index (Phi) is 5.37. The number of carbonyl (C=O) groups is 1. The summed E-state index contributed by atoms with van der Waals surface area (Å²) in [4.78, 5) is 11.0. The zero-order valence-electron chi connectivity index (χ0n) is 8.13. The third-order valence-corrected chi connectivity index (χ3v) is 2.35. The van der Waals surface area contributed by atoms with Crippen molar-refractivity contribution in [3.63, 3.8) is 0 Å². The first kappa shape index (κ1) is 14.5. The molecule has 0 amide bonds. The van der Waals surface area contributed by atoms with Crippen molar-refractivity contribution in [1.29, 1.82) is 0 Å². The summed E-state index contributed by atoms with van der Waals surface area (Å²) in [6.07, 6.45) is -4.42. The molecule has 0 aromatic rings. The first-order valence-corrected chi connectivity index (χ1v) is 4.33. The van der Waals surface area contributed by atoms with Crippen LogP contribution < -0.4 is 5.32 Å². The third kappa shape index (κ3) is 3.87.